The van der Waals surface area contributed by atoms with E-state index in [-0.39, 0.29) is 19.0 Å². The first-order valence-corrected chi connectivity index (χ1v) is 6.50. The van der Waals surface area contributed by atoms with Crippen LogP contribution in [0.4, 0.5) is 13.2 Å². The number of nitrogens with one attached hydrogen (secondary N) is 1. The molecule has 9 heteroatoms. The van der Waals surface area contributed by atoms with Gasteiger partial charge in [0.25, 0.3) is 0 Å². The van der Waals surface area contributed by atoms with E-state index in [0.29, 0.717) is 5.56 Å². The van der Waals surface area contributed by atoms with Gasteiger partial charge in [0.2, 0.25) is 17.7 Å². The highest BCUT2D eigenvalue weighted by molar-refractivity contribution is 5.90. The van der Waals surface area contributed by atoms with Gasteiger partial charge in [-0.25, -0.2) is 4.98 Å². The van der Waals surface area contributed by atoms with Crippen molar-refractivity contribution < 1.29 is 27.5 Å². The summed E-state index contributed by atoms with van der Waals surface area (Å²) in [5, 5.41) is 2.48. The summed E-state index contributed by atoms with van der Waals surface area (Å²) < 4.78 is 41.1. The van der Waals surface area contributed by atoms with Crippen molar-refractivity contribution in [3.63, 3.8) is 0 Å². The van der Waals surface area contributed by atoms with E-state index >= 15 is 0 Å². The van der Waals surface area contributed by atoms with Gasteiger partial charge in [-0.3, -0.25) is 9.59 Å². The Bertz CT molecular complexity index is 576. The van der Waals surface area contributed by atoms with E-state index in [2.05, 4.69) is 21.6 Å². The standard InChI is InChI=1S/C14H16F3N3O3/c1-3-12(22)20(2)8-11(21)19-7-10-5-4-6-18-13(10)23-9-14(15,16)17/h3-6H,1,7-9H2,2H3,(H,19,21). The summed E-state index contributed by atoms with van der Waals surface area (Å²) in [5.74, 6) is -1.11. The summed E-state index contributed by atoms with van der Waals surface area (Å²) in [7, 11) is 1.42. The fourth-order valence-corrected chi connectivity index (χ4v) is 1.54. The van der Waals surface area contributed by atoms with E-state index in [0.717, 1.165) is 11.0 Å². The second-order valence-electron chi connectivity index (χ2n) is 4.55. The molecule has 0 radical (unpaired) electrons. The molecule has 0 fully saturated rings. The van der Waals surface area contributed by atoms with Gasteiger partial charge < -0.3 is 15.0 Å². The van der Waals surface area contributed by atoms with Crippen LogP contribution in [-0.4, -0.2) is 48.1 Å². The zero-order valence-corrected chi connectivity index (χ0v) is 12.4. The van der Waals surface area contributed by atoms with Crippen LogP contribution in [0.2, 0.25) is 0 Å². The molecular formula is C14H16F3N3O3. The van der Waals surface area contributed by atoms with Gasteiger partial charge in [-0.05, 0) is 12.1 Å². The maximum Gasteiger partial charge on any atom is 0.422 e. The van der Waals surface area contributed by atoms with E-state index in [1.807, 2.05) is 0 Å². The average molecular weight is 331 g/mol. The number of halogens is 3. The van der Waals surface area contributed by atoms with Crippen LogP contribution in [0.5, 0.6) is 5.88 Å². The Kier molecular flexibility index (Phi) is 6.55. The van der Waals surface area contributed by atoms with Gasteiger partial charge >= 0.3 is 6.18 Å². The Hall–Kier alpha value is -2.58. The van der Waals surface area contributed by atoms with Crippen molar-refractivity contribution in [1.29, 1.82) is 0 Å². The molecule has 1 heterocycles. The lowest BCUT2D eigenvalue weighted by Gasteiger charge is -2.15. The summed E-state index contributed by atoms with van der Waals surface area (Å²) in [6.45, 7) is 1.55. The van der Waals surface area contributed by atoms with Crippen LogP contribution in [0.3, 0.4) is 0 Å². The Morgan fingerprint density at radius 1 is 1.48 bits per heavy atom. The molecule has 23 heavy (non-hydrogen) atoms. The number of aromatic nitrogens is 1. The van der Waals surface area contributed by atoms with E-state index < -0.39 is 24.6 Å². The Morgan fingerprint density at radius 2 is 2.17 bits per heavy atom. The van der Waals surface area contributed by atoms with Gasteiger partial charge in [0.05, 0.1) is 6.54 Å². The molecule has 1 aromatic heterocycles. The molecular weight excluding hydrogens is 315 g/mol. The second kappa shape index (κ2) is 8.16. The number of nitrogens with zero attached hydrogens (tertiary/aromatic N) is 2. The minimum absolute atomic E-state index is 0.0734. The number of ether oxygens (including phenoxy) is 1. The SMILES string of the molecule is C=CC(=O)N(C)CC(=O)NCc1cccnc1OCC(F)(F)F. The van der Waals surface area contributed by atoms with Gasteiger partial charge in [-0.2, -0.15) is 13.2 Å². The minimum atomic E-state index is -4.48. The molecule has 0 aliphatic rings. The molecule has 6 nitrogen and oxygen atoms in total. The first-order chi connectivity index (χ1) is 10.7. The quantitative estimate of drug-likeness (QED) is 0.764. The third-order valence-corrected chi connectivity index (χ3v) is 2.63. The van der Waals surface area contributed by atoms with Crippen LogP contribution in [0.25, 0.3) is 0 Å². The number of rotatable bonds is 7. The van der Waals surface area contributed by atoms with E-state index in [9.17, 15) is 22.8 Å². The molecule has 1 rings (SSSR count). The largest absolute Gasteiger partial charge is 0.468 e. The van der Waals surface area contributed by atoms with Gasteiger partial charge in [0, 0.05) is 25.4 Å². The number of hydrogen-bond acceptors (Lipinski definition) is 4. The van der Waals surface area contributed by atoms with Crippen LogP contribution in [-0.2, 0) is 16.1 Å². The van der Waals surface area contributed by atoms with E-state index in [1.165, 1.54) is 25.4 Å². The average Bonchev–Trinajstić information content (AvgIpc) is 2.50. The lowest BCUT2D eigenvalue weighted by atomic mass is 10.2. The molecule has 0 bridgehead atoms. The summed E-state index contributed by atoms with van der Waals surface area (Å²) >= 11 is 0. The number of pyridine rings is 1. The summed E-state index contributed by atoms with van der Waals surface area (Å²) in [4.78, 5) is 27.8. The fraction of sp³-hybridized carbons (Fsp3) is 0.357. The Labute approximate surface area is 130 Å². The Balaban J connectivity index is 2.59. The topological polar surface area (TPSA) is 71.5 Å². The first-order valence-electron chi connectivity index (χ1n) is 6.50. The van der Waals surface area contributed by atoms with Crippen LogP contribution in [0.15, 0.2) is 31.0 Å². The minimum Gasteiger partial charge on any atom is -0.468 e. The number of alkyl halides is 3. The lowest BCUT2D eigenvalue weighted by molar-refractivity contribution is -0.154. The number of carbonyl (C=O) groups excluding carboxylic acids is 2. The predicted molar refractivity (Wildman–Crippen MR) is 75.5 cm³/mol. The highest BCUT2D eigenvalue weighted by atomic mass is 19.4. The van der Waals surface area contributed by atoms with Crippen molar-refractivity contribution in [2.45, 2.75) is 12.7 Å². The van der Waals surface area contributed by atoms with Crippen LogP contribution >= 0.6 is 0 Å². The van der Waals surface area contributed by atoms with Crippen molar-refractivity contribution in [2.24, 2.45) is 0 Å². The van der Waals surface area contributed by atoms with E-state index in [4.69, 9.17) is 0 Å². The van der Waals surface area contributed by atoms with Gasteiger partial charge in [-0.15, -0.1) is 0 Å². The number of amides is 2. The molecule has 2 amide bonds. The summed E-state index contributed by atoms with van der Waals surface area (Å²) in [6, 6.07) is 2.99. The zero-order chi connectivity index (χ0) is 17.5. The van der Waals surface area contributed by atoms with Crippen LogP contribution in [0.1, 0.15) is 5.56 Å². The molecule has 1 N–H and O–H groups in total. The molecule has 126 valence electrons. The fourth-order valence-electron chi connectivity index (χ4n) is 1.54. The molecule has 0 spiro atoms. The summed E-state index contributed by atoms with van der Waals surface area (Å²) in [5.41, 5.74) is 0.294. The first kappa shape index (κ1) is 18.5. The Morgan fingerprint density at radius 3 is 2.78 bits per heavy atom. The maximum atomic E-state index is 12.2. The smallest absolute Gasteiger partial charge is 0.422 e. The van der Waals surface area contributed by atoms with Gasteiger partial charge in [0.15, 0.2) is 6.61 Å². The molecule has 0 saturated heterocycles. The second-order valence-corrected chi connectivity index (χ2v) is 4.55. The van der Waals surface area contributed by atoms with Crippen molar-refractivity contribution in [1.82, 2.24) is 15.2 Å². The van der Waals surface area contributed by atoms with Crippen LogP contribution in [0, 0.1) is 0 Å². The van der Waals surface area contributed by atoms with Crippen LogP contribution < -0.4 is 10.1 Å². The number of carbonyl (C=O) groups is 2. The van der Waals surface area contributed by atoms with E-state index in [1.54, 1.807) is 0 Å². The number of likely N-dealkylation sites (N-methyl/N-ethyl adjacent to an activating group) is 1. The third-order valence-electron chi connectivity index (χ3n) is 2.63. The monoisotopic (exact) mass is 331 g/mol. The number of hydrogen-bond donors (Lipinski definition) is 1. The third kappa shape index (κ3) is 6.81. The van der Waals surface area contributed by atoms with Crippen molar-refractivity contribution in [2.75, 3.05) is 20.2 Å². The summed E-state index contributed by atoms with van der Waals surface area (Å²) in [6.07, 6.45) is -2.13. The molecule has 0 aliphatic carbocycles. The van der Waals surface area contributed by atoms with Gasteiger partial charge in [-0.1, -0.05) is 12.6 Å². The molecule has 0 aromatic carbocycles. The highest BCUT2D eigenvalue weighted by Crippen LogP contribution is 2.19. The normalized spacial score (nSPS) is 10.8. The molecule has 0 saturated carbocycles. The maximum absolute atomic E-state index is 12.2. The molecule has 1 aromatic rings. The van der Waals surface area contributed by atoms with Crippen molar-refractivity contribution >= 4 is 11.8 Å². The van der Waals surface area contributed by atoms with Crippen molar-refractivity contribution in [3.8, 4) is 5.88 Å². The zero-order valence-electron chi connectivity index (χ0n) is 12.4. The molecule has 0 aliphatic heterocycles. The highest BCUT2D eigenvalue weighted by Gasteiger charge is 2.29. The lowest BCUT2D eigenvalue weighted by Crippen LogP contribution is -2.37. The predicted octanol–water partition coefficient (Wildman–Crippen LogP) is 1.28. The van der Waals surface area contributed by atoms with Gasteiger partial charge in [0.1, 0.15) is 0 Å². The molecule has 0 atom stereocenters. The van der Waals surface area contributed by atoms with Crippen molar-refractivity contribution in [3.05, 3.63) is 36.5 Å². The molecule has 0 unspecified atom stereocenters.